The summed E-state index contributed by atoms with van der Waals surface area (Å²) in [5, 5.41) is 19.0. The highest BCUT2D eigenvalue weighted by molar-refractivity contribution is 6.31. The minimum Gasteiger partial charge on any atom is -0.382 e. The maximum atomic E-state index is 14.3. The van der Waals surface area contributed by atoms with Crippen molar-refractivity contribution in [3.8, 4) is 28.1 Å². The first-order valence-electron chi connectivity index (χ1n) is 13.9. The molecule has 1 aliphatic heterocycles. The molecule has 0 radical (unpaired) electrons. The van der Waals surface area contributed by atoms with Crippen LogP contribution in [-0.2, 0) is 4.79 Å². The van der Waals surface area contributed by atoms with Crippen molar-refractivity contribution in [2.45, 2.75) is 32.2 Å². The molecule has 0 spiro atoms. The van der Waals surface area contributed by atoms with Gasteiger partial charge in [-0.2, -0.15) is 0 Å². The van der Waals surface area contributed by atoms with E-state index in [1.54, 1.807) is 36.5 Å². The van der Waals surface area contributed by atoms with Crippen LogP contribution in [0.5, 0.6) is 0 Å². The zero-order valence-corrected chi connectivity index (χ0v) is 24.3. The summed E-state index contributed by atoms with van der Waals surface area (Å²) in [5.41, 5.74) is 9.13. The molecule has 0 fully saturated rings. The summed E-state index contributed by atoms with van der Waals surface area (Å²) in [6.07, 6.45) is 6.31. The quantitative estimate of drug-likeness (QED) is 0.191. The predicted octanol–water partition coefficient (Wildman–Crippen LogP) is 4.98. The number of nitrogen functional groups attached to an aromatic ring is 1. The van der Waals surface area contributed by atoms with E-state index >= 15 is 0 Å². The lowest BCUT2D eigenvalue weighted by Crippen LogP contribution is -2.27. The molecule has 13 heteroatoms. The van der Waals surface area contributed by atoms with Gasteiger partial charge in [0.05, 0.1) is 35.6 Å². The fourth-order valence-electron chi connectivity index (χ4n) is 5.31. The average molecular weight is 612 g/mol. The van der Waals surface area contributed by atoms with E-state index in [-0.39, 0.29) is 28.9 Å². The number of anilines is 1. The molecule has 222 valence electrons. The van der Waals surface area contributed by atoms with Gasteiger partial charge in [0, 0.05) is 40.0 Å². The van der Waals surface area contributed by atoms with Crippen molar-refractivity contribution in [1.29, 1.82) is 5.41 Å². The van der Waals surface area contributed by atoms with Gasteiger partial charge in [-0.1, -0.05) is 30.2 Å². The molecule has 6 rings (SSSR count). The van der Waals surface area contributed by atoms with Crippen molar-refractivity contribution in [2.75, 3.05) is 5.32 Å². The molecule has 4 N–H and O–H groups in total. The molecule has 4 heterocycles. The molecule has 2 bridgehead atoms. The van der Waals surface area contributed by atoms with E-state index in [1.165, 1.54) is 40.0 Å². The number of halogens is 2. The van der Waals surface area contributed by atoms with Crippen LogP contribution in [0.15, 0.2) is 78.1 Å². The SMILES string of the molecule is CC1CCCC(n2cnc(-c3cc(Cl)ccc3-n3cc(C(=N)N)nn3)cc2=O)c2cc(ccn2)-c2cc(F)ccc2NC1=O. The van der Waals surface area contributed by atoms with Gasteiger partial charge in [0.25, 0.3) is 5.56 Å². The molecule has 2 aromatic carbocycles. The Hall–Kier alpha value is -5.23. The molecule has 3 aromatic heterocycles. The van der Waals surface area contributed by atoms with E-state index < -0.39 is 11.9 Å². The Morgan fingerprint density at radius 2 is 1.91 bits per heavy atom. The van der Waals surface area contributed by atoms with Gasteiger partial charge in [0.1, 0.15) is 17.3 Å². The number of fused-ring (bicyclic) bond motifs is 4. The van der Waals surface area contributed by atoms with Gasteiger partial charge < -0.3 is 11.1 Å². The zero-order chi connectivity index (χ0) is 31.0. The standard InChI is InChI=1S/C31H27ClFN9O2/c1-17-3-2-4-28(25-11-18(9-10-36-25)21-13-20(33)6-7-23(21)38-31(17)44)41-16-37-24(14-29(41)43)22-12-19(32)5-8-27(22)42-15-26(30(34)35)39-40-42/h5-17,28H,2-4H2,1H3,(H3,34,35)(H,38,44). The molecule has 0 saturated heterocycles. The van der Waals surface area contributed by atoms with Crippen molar-refractivity contribution in [1.82, 2.24) is 29.5 Å². The monoisotopic (exact) mass is 611 g/mol. The number of benzene rings is 2. The number of carbonyl (C=O) groups is 1. The summed E-state index contributed by atoms with van der Waals surface area (Å²) in [4.78, 5) is 35.9. The van der Waals surface area contributed by atoms with E-state index in [0.717, 1.165) is 0 Å². The topological polar surface area (TPSA) is 157 Å². The number of nitrogens with two attached hydrogens (primary N) is 1. The van der Waals surface area contributed by atoms with Crippen LogP contribution in [0.2, 0.25) is 5.02 Å². The predicted molar refractivity (Wildman–Crippen MR) is 164 cm³/mol. The lowest BCUT2D eigenvalue weighted by atomic mass is 9.95. The molecule has 2 unspecified atom stereocenters. The number of aromatic nitrogens is 6. The molecule has 1 amide bonds. The van der Waals surface area contributed by atoms with Crippen LogP contribution in [0.1, 0.15) is 43.6 Å². The third-order valence-corrected chi connectivity index (χ3v) is 7.89. The average Bonchev–Trinajstić information content (AvgIpc) is 3.51. The van der Waals surface area contributed by atoms with Crippen molar-refractivity contribution >= 4 is 29.0 Å². The van der Waals surface area contributed by atoms with Crippen LogP contribution < -0.4 is 16.6 Å². The lowest BCUT2D eigenvalue weighted by Gasteiger charge is -2.23. The van der Waals surface area contributed by atoms with Crippen LogP contribution in [0.25, 0.3) is 28.1 Å². The molecule has 1 aliphatic rings. The fraction of sp³-hybridized carbons (Fsp3) is 0.194. The number of amides is 1. The Morgan fingerprint density at radius 1 is 1.07 bits per heavy atom. The number of rotatable bonds is 4. The lowest BCUT2D eigenvalue weighted by molar-refractivity contribution is -0.119. The van der Waals surface area contributed by atoms with E-state index in [2.05, 4.69) is 25.6 Å². The molecule has 44 heavy (non-hydrogen) atoms. The number of amidine groups is 1. The summed E-state index contributed by atoms with van der Waals surface area (Å²) < 4.78 is 17.3. The van der Waals surface area contributed by atoms with Crippen molar-refractivity contribution in [3.63, 3.8) is 0 Å². The minimum absolute atomic E-state index is 0.160. The van der Waals surface area contributed by atoms with Crippen LogP contribution in [0, 0.1) is 17.1 Å². The molecular weight excluding hydrogens is 585 g/mol. The van der Waals surface area contributed by atoms with Gasteiger partial charge in [-0.15, -0.1) is 5.10 Å². The van der Waals surface area contributed by atoms with Crippen LogP contribution in [-0.4, -0.2) is 41.3 Å². The molecular formula is C31H27ClFN9O2. The van der Waals surface area contributed by atoms with E-state index in [1.807, 2.05) is 13.0 Å². The number of nitrogens with one attached hydrogen (secondary N) is 2. The number of pyridine rings is 1. The third kappa shape index (κ3) is 5.71. The largest absolute Gasteiger partial charge is 0.382 e. The second-order valence-electron chi connectivity index (χ2n) is 10.6. The van der Waals surface area contributed by atoms with Gasteiger partial charge in [0.15, 0.2) is 0 Å². The number of hydrogen-bond donors (Lipinski definition) is 3. The van der Waals surface area contributed by atoms with Crippen LogP contribution >= 0.6 is 11.6 Å². The highest BCUT2D eigenvalue weighted by Crippen LogP contribution is 2.34. The summed E-state index contributed by atoms with van der Waals surface area (Å²) in [6.45, 7) is 1.84. The number of hydrogen-bond acceptors (Lipinski definition) is 7. The highest BCUT2D eigenvalue weighted by Gasteiger charge is 2.23. The maximum absolute atomic E-state index is 14.3. The first-order valence-corrected chi connectivity index (χ1v) is 14.3. The highest BCUT2D eigenvalue weighted by atomic mass is 35.5. The Labute approximate surface area is 256 Å². The smallest absolute Gasteiger partial charge is 0.254 e. The maximum Gasteiger partial charge on any atom is 0.254 e. The Balaban J connectivity index is 1.43. The van der Waals surface area contributed by atoms with E-state index in [0.29, 0.717) is 63.7 Å². The van der Waals surface area contributed by atoms with Crippen molar-refractivity contribution in [3.05, 3.63) is 106 Å². The number of nitrogens with zero attached hydrogens (tertiary/aromatic N) is 6. The molecule has 5 aromatic rings. The Bertz CT molecular complexity index is 1970. The van der Waals surface area contributed by atoms with E-state index in [9.17, 15) is 14.0 Å². The van der Waals surface area contributed by atoms with Crippen LogP contribution in [0.4, 0.5) is 10.1 Å². The fourth-order valence-corrected chi connectivity index (χ4v) is 5.48. The second-order valence-corrected chi connectivity index (χ2v) is 11.1. The van der Waals surface area contributed by atoms with Gasteiger partial charge in [0.2, 0.25) is 5.91 Å². The van der Waals surface area contributed by atoms with Gasteiger partial charge >= 0.3 is 0 Å². The van der Waals surface area contributed by atoms with Gasteiger partial charge in [-0.25, -0.2) is 14.1 Å². The van der Waals surface area contributed by atoms with Gasteiger partial charge in [-0.3, -0.25) is 24.5 Å². The third-order valence-electron chi connectivity index (χ3n) is 7.66. The second kappa shape index (κ2) is 11.8. The minimum atomic E-state index is -0.497. The molecule has 0 aliphatic carbocycles. The van der Waals surface area contributed by atoms with Crippen LogP contribution in [0.3, 0.4) is 0 Å². The van der Waals surface area contributed by atoms with E-state index in [4.69, 9.17) is 22.7 Å². The molecule has 11 nitrogen and oxygen atoms in total. The van der Waals surface area contributed by atoms with Crippen molar-refractivity contribution in [2.24, 2.45) is 11.7 Å². The molecule has 2 atom stereocenters. The Kier molecular flexibility index (Phi) is 7.75. The normalized spacial score (nSPS) is 16.8. The first kappa shape index (κ1) is 28.9. The van der Waals surface area contributed by atoms with Gasteiger partial charge in [-0.05, 0) is 66.9 Å². The van der Waals surface area contributed by atoms with Crippen molar-refractivity contribution < 1.29 is 9.18 Å². The summed E-state index contributed by atoms with van der Waals surface area (Å²) in [7, 11) is 0. The summed E-state index contributed by atoms with van der Waals surface area (Å²) >= 11 is 6.32. The summed E-state index contributed by atoms with van der Waals surface area (Å²) in [5.74, 6) is -1.13. The summed E-state index contributed by atoms with van der Waals surface area (Å²) in [6, 6.07) is 13.8. The molecule has 0 saturated carbocycles. The Morgan fingerprint density at radius 3 is 2.68 bits per heavy atom. The number of carbonyl (C=O) groups excluding carboxylic acids is 1. The first-order chi connectivity index (χ1) is 21.2. The zero-order valence-electron chi connectivity index (χ0n) is 23.5.